The molecule has 1 aromatic rings. The van der Waals surface area contributed by atoms with Gasteiger partial charge in [0.2, 0.25) is 0 Å². The van der Waals surface area contributed by atoms with Gasteiger partial charge in [0.05, 0.1) is 11.0 Å². The summed E-state index contributed by atoms with van der Waals surface area (Å²) >= 11 is 0. The van der Waals surface area contributed by atoms with Gasteiger partial charge in [-0.3, -0.25) is 0 Å². The Hall–Kier alpha value is -0.870. The topological polar surface area (TPSA) is 46.2 Å². The maximum atomic E-state index is 12.1. The Balaban J connectivity index is 2.13. The summed E-state index contributed by atoms with van der Waals surface area (Å²) < 4.78 is 24.1. The Morgan fingerprint density at radius 3 is 2.67 bits per heavy atom. The second-order valence-corrected chi connectivity index (χ2v) is 8.91. The lowest BCUT2D eigenvalue weighted by Gasteiger charge is -2.34. The van der Waals surface area contributed by atoms with E-state index < -0.39 is 9.84 Å². The monoisotopic (exact) mass is 309 g/mol. The van der Waals surface area contributed by atoms with E-state index in [1.807, 2.05) is 0 Å². The molecule has 3 nitrogen and oxygen atoms in total. The molecule has 118 valence electrons. The van der Waals surface area contributed by atoms with E-state index in [-0.39, 0.29) is 5.25 Å². The number of rotatable bonds is 6. The summed E-state index contributed by atoms with van der Waals surface area (Å²) in [6, 6.07) is 8.84. The van der Waals surface area contributed by atoms with Crippen LogP contribution in [0.4, 0.5) is 0 Å². The number of hydrogen-bond acceptors (Lipinski definition) is 3. The molecule has 1 N–H and O–H groups in total. The minimum atomic E-state index is -2.94. The molecule has 0 amide bonds. The van der Waals surface area contributed by atoms with E-state index in [1.165, 1.54) is 11.1 Å². The third-order valence-corrected chi connectivity index (χ3v) is 6.80. The maximum Gasteiger partial charge on any atom is 0.152 e. The summed E-state index contributed by atoms with van der Waals surface area (Å²) in [5.41, 5.74) is 2.77. The molecule has 0 saturated carbocycles. The SMILES string of the molecule is CCNC1c2ccccc2CCC1CCS(=O)(=O)C(C)C. The van der Waals surface area contributed by atoms with Crippen LogP contribution in [-0.4, -0.2) is 26.0 Å². The lowest BCUT2D eigenvalue weighted by molar-refractivity contribution is 0.317. The van der Waals surface area contributed by atoms with E-state index in [0.29, 0.717) is 17.7 Å². The molecular weight excluding hydrogens is 282 g/mol. The Kier molecular flexibility index (Phi) is 5.44. The maximum absolute atomic E-state index is 12.1. The quantitative estimate of drug-likeness (QED) is 0.878. The molecular formula is C17H27NO2S. The van der Waals surface area contributed by atoms with Crippen molar-refractivity contribution in [3.05, 3.63) is 35.4 Å². The lowest BCUT2D eigenvalue weighted by atomic mass is 9.78. The van der Waals surface area contributed by atoms with Crippen LogP contribution >= 0.6 is 0 Å². The first-order chi connectivity index (χ1) is 9.95. The van der Waals surface area contributed by atoms with E-state index in [1.54, 1.807) is 13.8 Å². The van der Waals surface area contributed by atoms with Crippen molar-refractivity contribution < 1.29 is 8.42 Å². The molecule has 2 atom stereocenters. The summed E-state index contributed by atoms with van der Waals surface area (Å²) in [6.07, 6.45) is 2.89. The molecule has 0 aliphatic heterocycles. The summed E-state index contributed by atoms with van der Waals surface area (Å²) in [7, 11) is -2.94. The molecule has 0 bridgehead atoms. The zero-order valence-corrected chi connectivity index (χ0v) is 14.1. The third kappa shape index (κ3) is 3.86. The number of benzene rings is 1. The molecule has 0 fully saturated rings. The molecule has 4 heteroatoms. The van der Waals surface area contributed by atoms with Gasteiger partial charge in [0.1, 0.15) is 0 Å². The molecule has 1 aromatic carbocycles. The van der Waals surface area contributed by atoms with Crippen molar-refractivity contribution in [2.75, 3.05) is 12.3 Å². The molecule has 0 radical (unpaired) electrons. The zero-order valence-electron chi connectivity index (χ0n) is 13.3. The van der Waals surface area contributed by atoms with Crippen molar-refractivity contribution in [2.24, 2.45) is 5.92 Å². The van der Waals surface area contributed by atoms with Gasteiger partial charge in [-0.15, -0.1) is 0 Å². The largest absolute Gasteiger partial charge is 0.310 e. The van der Waals surface area contributed by atoms with Crippen LogP contribution in [0.25, 0.3) is 0 Å². The fourth-order valence-electron chi connectivity index (χ4n) is 3.19. The highest BCUT2D eigenvalue weighted by Crippen LogP contribution is 2.36. The van der Waals surface area contributed by atoms with Crippen molar-refractivity contribution in [2.45, 2.75) is 51.3 Å². The fraction of sp³-hybridized carbons (Fsp3) is 0.647. The average molecular weight is 309 g/mol. The van der Waals surface area contributed by atoms with Crippen LogP contribution in [0.2, 0.25) is 0 Å². The van der Waals surface area contributed by atoms with Crippen LogP contribution in [0.15, 0.2) is 24.3 Å². The summed E-state index contributed by atoms with van der Waals surface area (Å²) in [6.45, 7) is 6.56. The van der Waals surface area contributed by atoms with Crippen molar-refractivity contribution in [3.8, 4) is 0 Å². The van der Waals surface area contributed by atoms with Crippen molar-refractivity contribution >= 4 is 9.84 Å². The van der Waals surface area contributed by atoms with Crippen molar-refractivity contribution in [1.29, 1.82) is 0 Å². The first-order valence-corrected chi connectivity index (χ1v) is 9.70. The lowest BCUT2D eigenvalue weighted by Crippen LogP contribution is -2.34. The zero-order chi connectivity index (χ0) is 15.5. The predicted octanol–water partition coefficient (Wildman–Crippen LogP) is 3.11. The Morgan fingerprint density at radius 1 is 1.29 bits per heavy atom. The van der Waals surface area contributed by atoms with E-state index in [2.05, 4.69) is 36.5 Å². The highest BCUT2D eigenvalue weighted by Gasteiger charge is 2.30. The molecule has 1 aliphatic rings. The van der Waals surface area contributed by atoms with Gasteiger partial charge in [0, 0.05) is 6.04 Å². The van der Waals surface area contributed by atoms with E-state index in [0.717, 1.165) is 25.8 Å². The van der Waals surface area contributed by atoms with Gasteiger partial charge in [0.15, 0.2) is 9.84 Å². The molecule has 0 aromatic heterocycles. The summed E-state index contributed by atoms with van der Waals surface area (Å²) in [4.78, 5) is 0. The minimum Gasteiger partial charge on any atom is -0.310 e. The molecule has 21 heavy (non-hydrogen) atoms. The summed E-state index contributed by atoms with van der Waals surface area (Å²) in [5.74, 6) is 0.715. The predicted molar refractivity (Wildman–Crippen MR) is 88.2 cm³/mol. The van der Waals surface area contributed by atoms with E-state index in [9.17, 15) is 8.42 Å². The van der Waals surface area contributed by atoms with Crippen molar-refractivity contribution in [3.63, 3.8) is 0 Å². The van der Waals surface area contributed by atoms with Gasteiger partial charge in [-0.25, -0.2) is 8.42 Å². The van der Waals surface area contributed by atoms with Gasteiger partial charge in [0.25, 0.3) is 0 Å². The van der Waals surface area contributed by atoms with E-state index >= 15 is 0 Å². The Bertz CT molecular complexity index is 566. The second-order valence-electron chi connectivity index (χ2n) is 6.24. The van der Waals surface area contributed by atoms with Crippen LogP contribution in [0.3, 0.4) is 0 Å². The molecule has 1 aliphatic carbocycles. The number of hydrogen-bond donors (Lipinski definition) is 1. The van der Waals surface area contributed by atoms with Gasteiger partial charge in [-0.1, -0.05) is 31.2 Å². The first-order valence-electron chi connectivity index (χ1n) is 7.98. The van der Waals surface area contributed by atoms with Crippen LogP contribution in [0.5, 0.6) is 0 Å². The van der Waals surface area contributed by atoms with Gasteiger partial charge >= 0.3 is 0 Å². The normalized spacial score (nSPS) is 22.3. The highest BCUT2D eigenvalue weighted by atomic mass is 32.2. The molecule has 0 heterocycles. The number of fused-ring (bicyclic) bond motifs is 1. The van der Waals surface area contributed by atoms with Gasteiger partial charge < -0.3 is 5.32 Å². The number of sulfone groups is 1. The van der Waals surface area contributed by atoms with Crippen LogP contribution in [-0.2, 0) is 16.3 Å². The Labute approximate surface area is 129 Å². The average Bonchev–Trinajstić information content (AvgIpc) is 2.46. The molecule has 0 saturated heterocycles. The van der Waals surface area contributed by atoms with Gasteiger partial charge in [-0.2, -0.15) is 0 Å². The minimum absolute atomic E-state index is 0.272. The van der Waals surface area contributed by atoms with Gasteiger partial charge in [-0.05, 0) is 56.7 Å². The van der Waals surface area contributed by atoms with Crippen molar-refractivity contribution in [1.82, 2.24) is 5.32 Å². The van der Waals surface area contributed by atoms with Crippen LogP contribution in [0.1, 0.15) is 50.8 Å². The number of aryl methyl sites for hydroxylation is 1. The number of nitrogens with one attached hydrogen (secondary N) is 1. The van der Waals surface area contributed by atoms with Crippen LogP contribution in [0, 0.1) is 5.92 Å². The second kappa shape index (κ2) is 6.93. The third-order valence-electron chi connectivity index (χ3n) is 4.56. The standard InChI is InChI=1S/C17H27NO2S/c1-4-18-17-15(11-12-21(19,20)13(2)3)10-9-14-7-5-6-8-16(14)17/h5-8,13,15,17-18H,4,9-12H2,1-3H3. The molecule has 2 rings (SSSR count). The Morgan fingerprint density at radius 2 is 2.00 bits per heavy atom. The highest BCUT2D eigenvalue weighted by molar-refractivity contribution is 7.91. The van der Waals surface area contributed by atoms with E-state index in [4.69, 9.17) is 0 Å². The fourth-order valence-corrected chi connectivity index (χ4v) is 4.29. The van der Waals surface area contributed by atoms with Crippen LogP contribution < -0.4 is 5.32 Å². The summed E-state index contributed by atoms with van der Waals surface area (Å²) in [5, 5.41) is 3.29. The first kappa shape index (κ1) is 16.5. The molecule has 0 spiro atoms. The molecule has 2 unspecified atom stereocenters. The smallest absolute Gasteiger partial charge is 0.152 e.